The molecule has 13 rings (SSSR count). The van der Waals surface area contributed by atoms with E-state index in [4.69, 9.17) is 20.0 Å². The molecule has 0 N–H and O–H groups in total. The number of fused-ring (bicyclic) bond motifs is 2. The largest absolute Gasteiger partial charge is 0.343 e. The van der Waals surface area contributed by atoms with Crippen LogP contribution in [-0.2, 0) is 0 Å². The van der Waals surface area contributed by atoms with Crippen LogP contribution in [-0.4, -0.2) is 168 Å². The fourth-order valence-corrected chi connectivity index (χ4v) is 14.7. The lowest BCUT2D eigenvalue weighted by atomic mass is 9.88. The Balaban J connectivity index is 1.08. The molecule has 0 bridgehead atoms. The summed E-state index contributed by atoms with van der Waals surface area (Å²) in [6.45, 7) is 17.3. The second-order valence-electron chi connectivity index (χ2n) is 24.1. The number of guanidine groups is 4. The average Bonchev–Trinajstić information content (AvgIpc) is 3.53. The maximum absolute atomic E-state index is 5.96. The normalized spacial score (nSPS) is 21.5. The maximum atomic E-state index is 5.96. The minimum absolute atomic E-state index is 1.06. The predicted molar refractivity (Wildman–Crippen MR) is 319 cm³/mol. The molecule has 0 radical (unpaired) electrons. The Bertz CT molecular complexity index is 2440. The summed E-state index contributed by atoms with van der Waals surface area (Å²) in [6.07, 6.45) is 30.1. The third-order valence-electron chi connectivity index (χ3n) is 18.8. The fourth-order valence-electron chi connectivity index (χ4n) is 14.7. The molecule has 0 saturated carbocycles. The van der Waals surface area contributed by atoms with Gasteiger partial charge < -0.3 is 39.2 Å². The summed E-state index contributed by atoms with van der Waals surface area (Å²) in [6, 6.07) is 19.3. The Morgan fingerprint density at radius 1 is 0.197 bits per heavy atom. The molecule has 8 fully saturated rings. The van der Waals surface area contributed by atoms with E-state index in [1.54, 1.807) is 0 Å². The van der Waals surface area contributed by atoms with Gasteiger partial charge in [0, 0.05) is 126 Å². The van der Waals surface area contributed by atoms with Crippen LogP contribution in [0, 0.1) is 0 Å². The highest BCUT2D eigenvalue weighted by Gasteiger charge is 2.30. The Kier molecular flexibility index (Phi) is 15.3. The summed E-state index contributed by atoms with van der Waals surface area (Å²) >= 11 is 0. The molecule has 12 heteroatoms. The van der Waals surface area contributed by atoms with Gasteiger partial charge in [-0.3, -0.25) is 0 Å². The van der Waals surface area contributed by atoms with Crippen LogP contribution < -0.4 is 0 Å². The number of aliphatic imine (C=N–C) groups is 4. The zero-order valence-electron chi connectivity index (χ0n) is 46.3. The molecule has 76 heavy (non-hydrogen) atoms. The maximum Gasteiger partial charge on any atom is 0.201 e. The lowest BCUT2D eigenvalue weighted by Gasteiger charge is -2.39. The molecule has 8 saturated heterocycles. The van der Waals surface area contributed by atoms with Gasteiger partial charge in [0.05, 0.1) is 22.7 Å². The second-order valence-corrected chi connectivity index (χ2v) is 24.1. The van der Waals surface area contributed by atoms with Gasteiger partial charge in [-0.05, 0) is 200 Å². The quantitative estimate of drug-likeness (QED) is 0.0763. The van der Waals surface area contributed by atoms with Crippen molar-refractivity contribution >= 4 is 89.7 Å². The van der Waals surface area contributed by atoms with Crippen molar-refractivity contribution in [3.63, 3.8) is 0 Å². The molecule has 0 unspecified atom stereocenters. The molecule has 404 valence electrons. The molecule has 0 amide bonds. The van der Waals surface area contributed by atoms with Crippen LogP contribution in [0.5, 0.6) is 0 Å². The van der Waals surface area contributed by atoms with Crippen molar-refractivity contribution in [1.29, 1.82) is 0 Å². The molecule has 8 heterocycles. The molecule has 8 aliphatic heterocycles. The van der Waals surface area contributed by atoms with Gasteiger partial charge in [0.25, 0.3) is 0 Å². The lowest BCUT2D eigenvalue weighted by Crippen LogP contribution is -2.48. The summed E-state index contributed by atoms with van der Waals surface area (Å²) in [4.78, 5) is 44.9. The van der Waals surface area contributed by atoms with E-state index >= 15 is 0 Å². The molecule has 5 aromatic carbocycles. The number of hydrogen-bond acceptors (Lipinski definition) is 4. The van der Waals surface area contributed by atoms with E-state index in [2.05, 4.69) is 87.7 Å². The topological polar surface area (TPSA) is 75.4 Å². The van der Waals surface area contributed by atoms with Crippen molar-refractivity contribution in [2.24, 2.45) is 20.0 Å². The summed E-state index contributed by atoms with van der Waals surface area (Å²) < 4.78 is 0. The number of rotatable bonds is 4. The highest BCUT2D eigenvalue weighted by molar-refractivity contribution is 6.37. The Hall–Kier alpha value is -5.52. The first-order valence-corrected chi connectivity index (χ1v) is 31.3. The monoisotopic (exact) mass is 1020 g/mol. The van der Waals surface area contributed by atoms with Crippen molar-refractivity contribution in [1.82, 2.24) is 39.2 Å². The predicted octanol–water partition coefficient (Wildman–Crippen LogP) is 13.6. The molecule has 5 aromatic rings. The number of piperidine rings is 8. The number of hydrogen-bond donors (Lipinski definition) is 0. The van der Waals surface area contributed by atoms with Crippen molar-refractivity contribution in [3.05, 3.63) is 48.5 Å². The average molecular weight is 1030 g/mol. The van der Waals surface area contributed by atoms with Crippen LogP contribution in [0.3, 0.4) is 0 Å². The van der Waals surface area contributed by atoms with Crippen molar-refractivity contribution in [3.8, 4) is 0 Å². The molecule has 0 aliphatic carbocycles. The number of nitrogens with zero attached hydrogens (tertiary/aromatic N) is 12. The summed E-state index contributed by atoms with van der Waals surface area (Å²) in [5, 5.41) is 10.1. The third-order valence-corrected chi connectivity index (χ3v) is 18.8. The van der Waals surface area contributed by atoms with Gasteiger partial charge in [-0.2, -0.15) is 0 Å². The first-order chi connectivity index (χ1) is 37.7. The van der Waals surface area contributed by atoms with Crippen molar-refractivity contribution < 1.29 is 0 Å². The highest BCUT2D eigenvalue weighted by atomic mass is 15.4. The second kappa shape index (κ2) is 23.2. The Labute approximate surface area is 454 Å². The van der Waals surface area contributed by atoms with Crippen molar-refractivity contribution in [2.45, 2.75) is 154 Å². The summed E-state index contributed by atoms with van der Waals surface area (Å²) in [5.74, 6) is 4.73. The van der Waals surface area contributed by atoms with E-state index in [0.29, 0.717) is 0 Å². The standard InChI is InChI=1S/C64H88N12/c1-9-33-69(34-10-1)61(70-35-11-2-12-36-70)65-53-29-25-49-51-27-31-55(67-63(73-41-17-5-18-42-73)74-43-19-6-20-44-74)60-56(68-64(75-45-21-7-22-46-75)76-47-23-8-24-48-76)32-28-52(58(51)60)50-26-30-54(59(53)57(49)50)66-62(71-37-13-3-14-38-71)72-39-15-4-16-40-72/h25-32H,1-24,33-48H2. The Morgan fingerprint density at radius 3 is 0.513 bits per heavy atom. The molecule has 0 spiro atoms. The number of benzene rings is 5. The minimum Gasteiger partial charge on any atom is -0.343 e. The van der Waals surface area contributed by atoms with E-state index in [9.17, 15) is 0 Å². The third kappa shape index (κ3) is 10.2. The molecule has 0 atom stereocenters. The van der Waals surface area contributed by atoms with E-state index in [-0.39, 0.29) is 0 Å². The smallest absolute Gasteiger partial charge is 0.201 e. The lowest BCUT2D eigenvalue weighted by molar-refractivity contribution is 0.257. The molecule has 8 aliphatic rings. The van der Waals surface area contributed by atoms with E-state index in [0.717, 1.165) is 127 Å². The van der Waals surface area contributed by atoms with Gasteiger partial charge in [-0.25, -0.2) is 20.0 Å². The van der Waals surface area contributed by atoms with E-state index in [1.807, 2.05) is 0 Å². The zero-order valence-corrected chi connectivity index (χ0v) is 46.3. The fraction of sp³-hybridized carbons (Fsp3) is 0.625. The van der Waals surface area contributed by atoms with Crippen LogP contribution in [0.15, 0.2) is 68.5 Å². The van der Waals surface area contributed by atoms with Crippen molar-refractivity contribution in [2.75, 3.05) is 105 Å². The minimum atomic E-state index is 1.06. The van der Waals surface area contributed by atoms with Gasteiger partial charge in [-0.1, -0.05) is 24.3 Å². The van der Waals surface area contributed by atoms with E-state index in [1.165, 1.54) is 221 Å². The van der Waals surface area contributed by atoms with Gasteiger partial charge in [0.15, 0.2) is 0 Å². The Morgan fingerprint density at radius 2 is 0.355 bits per heavy atom. The summed E-state index contributed by atoms with van der Waals surface area (Å²) in [5.41, 5.74) is 4.24. The first kappa shape index (κ1) is 50.0. The van der Waals surface area contributed by atoms with Crippen LogP contribution in [0.25, 0.3) is 43.1 Å². The molecule has 12 nitrogen and oxygen atoms in total. The van der Waals surface area contributed by atoms with E-state index < -0.39 is 0 Å². The highest BCUT2D eigenvalue weighted by Crippen LogP contribution is 2.50. The molecular weight excluding hydrogens is 937 g/mol. The van der Waals surface area contributed by atoms with Crippen LogP contribution in [0.1, 0.15) is 154 Å². The summed E-state index contributed by atoms with van der Waals surface area (Å²) in [7, 11) is 0. The van der Waals surface area contributed by atoms with Crippen LogP contribution >= 0.6 is 0 Å². The molecule has 0 aromatic heterocycles. The van der Waals surface area contributed by atoms with Gasteiger partial charge in [0.1, 0.15) is 0 Å². The van der Waals surface area contributed by atoms with Gasteiger partial charge in [-0.15, -0.1) is 0 Å². The number of likely N-dealkylation sites (tertiary alicyclic amines) is 8. The van der Waals surface area contributed by atoms with Crippen LogP contribution in [0.2, 0.25) is 0 Å². The van der Waals surface area contributed by atoms with Gasteiger partial charge in [0.2, 0.25) is 23.8 Å². The zero-order chi connectivity index (χ0) is 50.6. The van der Waals surface area contributed by atoms with Crippen LogP contribution in [0.4, 0.5) is 22.7 Å². The first-order valence-electron chi connectivity index (χ1n) is 31.3. The molecular formula is C64H88N12. The van der Waals surface area contributed by atoms with Gasteiger partial charge >= 0.3 is 0 Å². The SMILES string of the molecule is c1cc2c3ccc(N=C(N4CCCCC4)N4CCCCC4)c4c(N=C(N5CCCCC5)N5CCCCC5)ccc(c5ccc(N=C(N6CCCCC6)N6CCCCC6)c(c1N=C(N1CCCCC1)N1CCCCC1)c25)c43.